The van der Waals surface area contributed by atoms with Gasteiger partial charge in [-0.1, -0.05) is 42.0 Å². The Hall–Kier alpha value is -0.293. The molecule has 0 saturated carbocycles. The summed E-state index contributed by atoms with van der Waals surface area (Å²) < 4.78 is 0. The van der Waals surface area contributed by atoms with Crippen molar-refractivity contribution in [2.24, 2.45) is 0 Å². The van der Waals surface area contributed by atoms with Gasteiger partial charge >= 0.3 is 18.9 Å². The van der Waals surface area contributed by atoms with E-state index in [0.717, 1.165) is 17.0 Å². The van der Waals surface area contributed by atoms with Crippen LogP contribution in [0.5, 0.6) is 0 Å². The molecule has 0 amide bonds. The first-order valence-corrected chi connectivity index (χ1v) is 4.66. The average molecular weight is 199 g/mol. The van der Waals surface area contributed by atoms with Crippen molar-refractivity contribution in [2.75, 3.05) is 14.1 Å². The van der Waals surface area contributed by atoms with Gasteiger partial charge in [-0.3, -0.25) is 0 Å². The number of rotatable bonds is 2. The second-order valence-electron chi connectivity index (χ2n) is 3.15. The van der Waals surface area contributed by atoms with Crippen LogP contribution in [-0.4, -0.2) is 24.0 Å². The predicted octanol–water partition coefficient (Wildman–Crippen LogP) is -0.696. The molecule has 0 aliphatic heterocycles. The summed E-state index contributed by atoms with van der Waals surface area (Å²) in [5.74, 6) is 0. The van der Waals surface area contributed by atoms with Crippen molar-refractivity contribution >= 4 is 17.2 Å². The second kappa shape index (κ2) is 6.24. The standard InChI is InChI=1S/C11H14NS.Li/c1-4-9-5-7-10(8-6-9)11(13)12(2)3;/h5-8H,1,4H2,2-3H3;/q-1;+1. The van der Waals surface area contributed by atoms with Crippen molar-refractivity contribution in [2.45, 2.75) is 6.42 Å². The minimum Gasteiger partial charge on any atom is -0.368 e. The molecule has 1 nitrogen and oxygen atoms in total. The van der Waals surface area contributed by atoms with Crippen LogP contribution in [0.15, 0.2) is 24.3 Å². The van der Waals surface area contributed by atoms with Crippen molar-refractivity contribution in [1.82, 2.24) is 4.90 Å². The molecule has 0 aromatic heterocycles. The molecule has 0 fully saturated rings. The van der Waals surface area contributed by atoms with E-state index in [2.05, 4.69) is 19.1 Å². The molecule has 70 valence electrons. The van der Waals surface area contributed by atoms with Gasteiger partial charge in [0.05, 0.1) is 0 Å². The molecule has 3 heteroatoms. The van der Waals surface area contributed by atoms with Gasteiger partial charge in [0.2, 0.25) is 0 Å². The Bertz CT molecular complexity index is 293. The zero-order valence-corrected chi connectivity index (χ0v) is 9.90. The number of nitrogens with zero attached hydrogens (tertiary/aromatic N) is 1. The molecule has 0 radical (unpaired) electrons. The maximum absolute atomic E-state index is 5.23. The summed E-state index contributed by atoms with van der Waals surface area (Å²) in [5.41, 5.74) is 2.34. The van der Waals surface area contributed by atoms with Crippen LogP contribution in [0, 0.1) is 6.92 Å². The minimum absolute atomic E-state index is 0. The van der Waals surface area contributed by atoms with Gasteiger partial charge in [-0.2, -0.15) is 6.42 Å². The fraction of sp³-hybridized carbons (Fsp3) is 0.273. The van der Waals surface area contributed by atoms with Crippen LogP contribution in [-0.2, 0) is 6.42 Å². The van der Waals surface area contributed by atoms with Crippen LogP contribution in [0.4, 0.5) is 0 Å². The predicted molar refractivity (Wildman–Crippen MR) is 60.9 cm³/mol. The summed E-state index contributed by atoms with van der Waals surface area (Å²) >= 11 is 5.23. The van der Waals surface area contributed by atoms with Crippen molar-refractivity contribution in [3.05, 3.63) is 42.3 Å². The van der Waals surface area contributed by atoms with Crippen LogP contribution in [0.1, 0.15) is 11.1 Å². The summed E-state index contributed by atoms with van der Waals surface area (Å²) in [6.07, 6.45) is 0.828. The molecule has 1 rings (SSSR count). The van der Waals surface area contributed by atoms with Gasteiger partial charge in [-0.05, 0) is 0 Å². The van der Waals surface area contributed by atoms with Crippen LogP contribution in [0.25, 0.3) is 0 Å². The maximum atomic E-state index is 5.23. The van der Waals surface area contributed by atoms with E-state index < -0.39 is 0 Å². The van der Waals surface area contributed by atoms with Gasteiger partial charge in [0, 0.05) is 19.7 Å². The fourth-order valence-electron chi connectivity index (χ4n) is 1.07. The maximum Gasteiger partial charge on any atom is 1.00 e. The quantitative estimate of drug-likeness (QED) is 0.352. The van der Waals surface area contributed by atoms with Gasteiger partial charge in [-0.15, -0.1) is 0 Å². The van der Waals surface area contributed by atoms with E-state index in [-0.39, 0.29) is 18.9 Å². The molecular weight excluding hydrogens is 185 g/mol. The first-order valence-electron chi connectivity index (χ1n) is 4.25. The van der Waals surface area contributed by atoms with E-state index in [1.807, 2.05) is 31.1 Å². The molecule has 0 aliphatic rings. The SMILES string of the molecule is [CH2-]Cc1ccc(C(=S)N(C)C)cc1.[Li+]. The van der Waals surface area contributed by atoms with Gasteiger partial charge < -0.3 is 11.8 Å². The Labute approximate surface area is 104 Å². The molecule has 0 unspecified atom stereocenters. The van der Waals surface area contributed by atoms with Crippen LogP contribution >= 0.6 is 12.2 Å². The average Bonchev–Trinajstić information content (AvgIpc) is 2.17. The summed E-state index contributed by atoms with van der Waals surface area (Å²) in [6, 6.07) is 8.22. The molecule has 0 heterocycles. The molecular formula is C11H14LiNS. The van der Waals surface area contributed by atoms with Crippen molar-refractivity contribution in [3.8, 4) is 0 Å². The Morgan fingerprint density at radius 2 is 1.79 bits per heavy atom. The Morgan fingerprint density at radius 3 is 2.14 bits per heavy atom. The van der Waals surface area contributed by atoms with Crippen LogP contribution < -0.4 is 18.9 Å². The van der Waals surface area contributed by atoms with Crippen molar-refractivity contribution in [3.63, 3.8) is 0 Å². The molecule has 0 aliphatic carbocycles. The molecule has 0 atom stereocenters. The number of hydrogen-bond acceptors (Lipinski definition) is 1. The summed E-state index contributed by atoms with van der Waals surface area (Å²) in [5, 5.41) is 0. The topological polar surface area (TPSA) is 3.24 Å². The third-order valence-corrected chi connectivity index (χ3v) is 2.50. The molecule has 14 heavy (non-hydrogen) atoms. The zero-order chi connectivity index (χ0) is 9.84. The van der Waals surface area contributed by atoms with Crippen LogP contribution in [0.3, 0.4) is 0 Å². The molecule has 1 aromatic rings. The number of hydrogen-bond donors (Lipinski definition) is 0. The minimum atomic E-state index is 0. The molecule has 0 bridgehead atoms. The monoisotopic (exact) mass is 199 g/mol. The largest absolute Gasteiger partial charge is 1.00 e. The summed E-state index contributed by atoms with van der Waals surface area (Å²) in [4.78, 5) is 2.81. The molecule has 0 spiro atoms. The van der Waals surface area contributed by atoms with Gasteiger partial charge in [0.25, 0.3) is 0 Å². The fourth-order valence-corrected chi connectivity index (χ4v) is 1.21. The Kier molecular flexibility index (Phi) is 6.11. The van der Waals surface area contributed by atoms with Crippen molar-refractivity contribution in [1.29, 1.82) is 0 Å². The van der Waals surface area contributed by atoms with E-state index in [9.17, 15) is 0 Å². The second-order valence-corrected chi connectivity index (χ2v) is 3.53. The number of benzene rings is 1. The van der Waals surface area contributed by atoms with E-state index in [1.54, 1.807) is 0 Å². The molecule has 0 saturated heterocycles. The summed E-state index contributed by atoms with van der Waals surface area (Å²) in [7, 11) is 3.91. The Morgan fingerprint density at radius 1 is 1.29 bits per heavy atom. The zero-order valence-electron chi connectivity index (χ0n) is 9.08. The van der Waals surface area contributed by atoms with Gasteiger partial charge in [0.1, 0.15) is 4.99 Å². The van der Waals surface area contributed by atoms with Crippen LogP contribution in [0.2, 0.25) is 0 Å². The first-order chi connectivity index (χ1) is 6.15. The van der Waals surface area contributed by atoms with E-state index >= 15 is 0 Å². The molecule has 0 N–H and O–H groups in total. The number of thiocarbonyl (C=S) groups is 1. The molecule has 1 aromatic carbocycles. The third kappa shape index (κ3) is 3.46. The van der Waals surface area contributed by atoms with E-state index in [1.165, 1.54) is 5.56 Å². The first kappa shape index (κ1) is 13.7. The normalized spacial score (nSPS) is 9.07. The van der Waals surface area contributed by atoms with Gasteiger partial charge in [-0.25, -0.2) is 0 Å². The third-order valence-electron chi connectivity index (χ3n) is 1.90. The summed E-state index contributed by atoms with van der Waals surface area (Å²) in [6.45, 7) is 3.82. The van der Waals surface area contributed by atoms with Crippen molar-refractivity contribution < 1.29 is 18.9 Å². The van der Waals surface area contributed by atoms with Gasteiger partial charge in [0.15, 0.2) is 0 Å². The van der Waals surface area contributed by atoms with E-state index in [4.69, 9.17) is 12.2 Å². The van der Waals surface area contributed by atoms with E-state index in [0.29, 0.717) is 0 Å². The Balaban J connectivity index is 0.00000169. The smallest absolute Gasteiger partial charge is 0.368 e.